The van der Waals surface area contributed by atoms with E-state index in [1.54, 1.807) is 0 Å². The van der Waals surface area contributed by atoms with E-state index in [9.17, 15) is 0 Å². The average molecular weight is 561 g/mol. The number of rotatable bonds is 2. The van der Waals surface area contributed by atoms with Crippen LogP contribution in [0.15, 0.2) is 60.7 Å². The SMILES string of the molecule is OCc1ccccc1.OCc1ccccc1.[I][Zr][I]. The zero-order valence-electron chi connectivity index (χ0n) is 10.3. The predicted molar refractivity (Wildman–Crippen MR) is 92.8 cm³/mol. The second-order valence-corrected chi connectivity index (χ2v) is 22.3. The average Bonchev–Trinajstić information content (AvgIpc) is 2.50. The second kappa shape index (κ2) is 15.1. The first-order valence-corrected chi connectivity index (χ1v) is 20.2. The standard InChI is InChI=1S/2C7H8O.2HI.Zr/c2*8-6-7-4-2-1-3-5-7;;;/h2*1-5,8H,6H2;2*1H;/q;;;;+2/p-2. The number of halogens is 2. The molecule has 0 spiro atoms. The van der Waals surface area contributed by atoms with Crippen LogP contribution in [0, 0.1) is 0 Å². The minimum atomic E-state index is 0.140. The van der Waals surface area contributed by atoms with Crippen LogP contribution in [0.5, 0.6) is 0 Å². The van der Waals surface area contributed by atoms with Crippen molar-refractivity contribution < 1.29 is 25.1 Å². The molecule has 0 amide bonds. The van der Waals surface area contributed by atoms with E-state index in [-0.39, 0.29) is 28.1 Å². The summed E-state index contributed by atoms with van der Waals surface area (Å²) < 4.78 is 0. The molecule has 2 rings (SSSR count). The third kappa shape index (κ3) is 12.2. The van der Waals surface area contributed by atoms with Crippen molar-refractivity contribution >= 4 is 36.1 Å². The molecule has 2 N–H and O–H groups in total. The van der Waals surface area contributed by atoms with Crippen LogP contribution in [-0.4, -0.2) is 10.2 Å². The number of hydrogen-bond donors (Lipinski definition) is 2. The van der Waals surface area contributed by atoms with Crippen LogP contribution in [0.2, 0.25) is 0 Å². The molecule has 0 aliphatic carbocycles. The number of benzene rings is 2. The molecule has 5 heteroatoms. The van der Waals surface area contributed by atoms with Crippen LogP contribution in [0.3, 0.4) is 0 Å². The summed E-state index contributed by atoms with van der Waals surface area (Å²) in [5, 5.41) is 17.1. The Balaban J connectivity index is 0.000000284. The minimum absolute atomic E-state index is 0.140. The van der Waals surface area contributed by atoms with Gasteiger partial charge in [0.2, 0.25) is 0 Å². The number of aliphatic hydroxyl groups is 2. The van der Waals surface area contributed by atoms with Gasteiger partial charge in [0.15, 0.2) is 0 Å². The predicted octanol–water partition coefficient (Wildman–Crippen LogP) is 4.13. The zero-order valence-corrected chi connectivity index (χ0v) is 17.1. The van der Waals surface area contributed by atoms with Crippen LogP contribution in [-0.2, 0) is 28.1 Å². The van der Waals surface area contributed by atoms with Crippen molar-refractivity contribution in [2.75, 3.05) is 0 Å². The zero-order chi connectivity index (χ0) is 14.3. The maximum absolute atomic E-state index is 8.54. The van der Waals surface area contributed by atoms with E-state index in [1.165, 1.54) is 0 Å². The van der Waals surface area contributed by atoms with E-state index < -0.39 is 0 Å². The van der Waals surface area contributed by atoms with Crippen LogP contribution in [0.1, 0.15) is 11.1 Å². The fourth-order valence-electron chi connectivity index (χ4n) is 1.17. The molecule has 0 heterocycles. The van der Waals surface area contributed by atoms with Gasteiger partial charge in [-0.1, -0.05) is 60.7 Å². The monoisotopic (exact) mass is 560 g/mol. The van der Waals surface area contributed by atoms with Crippen molar-refractivity contribution in [2.24, 2.45) is 0 Å². The van der Waals surface area contributed by atoms with E-state index in [1.807, 2.05) is 60.7 Å². The third-order valence-electron chi connectivity index (χ3n) is 2.05. The molecule has 0 atom stereocenters. The topological polar surface area (TPSA) is 40.5 Å². The Hall–Kier alpha value is 0.703. The summed E-state index contributed by atoms with van der Waals surface area (Å²) in [6, 6.07) is 19.0. The van der Waals surface area contributed by atoms with Crippen LogP contribution < -0.4 is 0 Å². The summed E-state index contributed by atoms with van der Waals surface area (Å²) in [7, 11) is 0. The quantitative estimate of drug-likeness (QED) is 0.542. The van der Waals surface area contributed by atoms with E-state index >= 15 is 0 Å². The fraction of sp³-hybridized carbons (Fsp3) is 0.143. The molecular weight excluding hydrogens is 545 g/mol. The van der Waals surface area contributed by atoms with Crippen molar-refractivity contribution in [3.8, 4) is 0 Å². The van der Waals surface area contributed by atoms with Gasteiger partial charge in [0.25, 0.3) is 0 Å². The molecule has 0 aliphatic rings. The summed E-state index contributed by atoms with van der Waals surface area (Å²) in [5.74, 6) is 0. The van der Waals surface area contributed by atoms with Crippen molar-refractivity contribution in [2.45, 2.75) is 13.2 Å². The van der Waals surface area contributed by atoms with Gasteiger partial charge in [-0.25, -0.2) is 0 Å². The molecule has 2 nitrogen and oxygen atoms in total. The Morgan fingerprint density at radius 1 is 0.684 bits per heavy atom. The molecule has 0 fully saturated rings. The summed E-state index contributed by atoms with van der Waals surface area (Å²) in [6.07, 6.45) is 0. The summed E-state index contributed by atoms with van der Waals surface area (Å²) in [4.78, 5) is 0. The summed E-state index contributed by atoms with van der Waals surface area (Å²) >= 11 is 5.06. The van der Waals surface area contributed by atoms with E-state index in [0.29, 0.717) is 0 Å². The van der Waals surface area contributed by atoms with Crippen molar-refractivity contribution in [3.05, 3.63) is 71.8 Å². The Bertz CT molecular complexity index is 359. The maximum atomic E-state index is 8.54. The fourth-order valence-corrected chi connectivity index (χ4v) is 1.17. The van der Waals surface area contributed by atoms with Crippen molar-refractivity contribution in [1.29, 1.82) is 0 Å². The van der Waals surface area contributed by atoms with Gasteiger partial charge < -0.3 is 10.2 Å². The number of aliphatic hydroxyl groups excluding tert-OH is 2. The van der Waals surface area contributed by atoms with Crippen molar-refractivity contribution in [1.82, 2.24) is 0 Å². The van der Waals surface area contributed by atoms with Crippen LogP contribution >= 0.6 is 36.1 Å². The molecule has 2 aromatic carbocycles. The van der Waals surface area contributed by atoms with Gasteiger partial charge in [-0.15, -0.1) is 0 Å². The molecule has 0 radical (unpaired) electrons. The first kappa shape index (κ1) is 19.7. The van der Waals surface area contributed by atoms with Gasteiger partial charge in [0.1, 0.15) is 0 Å². The third-order valence-corrected chi connectivity index (χ3v) is 2.05. The van der Waals surface area contributed by atoms with Crippen LogP contribution in [0.4, 0.5) is 0 Å². The molecule has 0 aliphatic heterocycles. The van der Waals surface area contributed by atoms with E-state index in [0.717, 1.165) is 11.1 Å². The summed E-state index contributed by atoms with van der Waals surface area (Å²) in [6.45, 7) is 0.279. The van der Waals surface area contributed by atoms with Gasteiger partial charge in [0, 0.05) is 0 Å². The van der Waals surface area contributed by atoms with Crippen LogP contribution in [0.25, 0.3) is 0 Å². The van der Waals surface area contributed by atoms with Gasteiger partial charge in [-0.05, 0) is 11.1 Å². The van der Waals surface area contributed by atoms with Gasteiger partial charge in [0.05, 0.1) is 13.2 Å². The Morgan fingerprint density at radius 3 is 1.11 bits per heavy atom. The normalized spacial score (nSPS) is 8.42. The molecule has 102 valence electrons. The van der Waals surface area contributed by atoms with Gasteiger partial charge in [-0.3, -0.25) is 0 Å². The molecule has 19 heavy (non-hydrogen) atoms. The second-order valence-electron chi connectivity index (χ2n) is 3.36. The Morgan fingerprint density at radius 2 is 0.947 bits per heavy atom. The molecule has 2 aromatic rings. The Kier molecular flexibility index (Phi) is 15.7. The molecule has 0 saturated carbocycles. The van der Waals surface area contributed by atoms with E-state index in [4.69, 9.17) is 10.2 Å². The first-order valence-electron chi connectivity index (χ1n) is 5.54. The van der Waals surface area contributed by atoms with Gasteiger partial charge in [-0.2, -0.15) is 0 Å². The molecular formula is C14H16I2O2Zr. The Labute approximate surface area is 144 Å². The molecule has 0 saturated heterocycles. The molecule has 0 bridgehead atoms. The van der Waals surface area contributed by atoms with Crippen molar-refractivity contribution in [3.63, 3.8) is 0 Å². The summed E-state index contributed by atoms with van der Waals surface area (Å²) in [5.41, 5.74) is 1.93. The van der Waals surface area contributed by atoms with Gasteiger partial charge >= 0.3 is 50.9 Å². The molecule has 0 aromatic heterocycles. The number of hydrogen-bond acceptors (Lipinski definition) is 2. The molecule has 0 unspecified atom stereocenters. The first-order chi connectivity index (χ1) is 9.28. The van der Waals surface area contributed by atoms with E-state index in [2.05, 4.69) is 36.1 Å².